The molecule has 19 heavy (non-hydrogen) atoms. The van der Waals surface area contributed by atoms with Crippen molar-refractivity contribution in [2.75, 3.05) is 12.0 Å². The number of aromatic nitrogens is 3. The molecule has 0 radical (unpaired) electrons. The average Bonchev–Trinajstić information content (AvgIpc) is 2.92. The minimum Gasteiger partial charge on any atom is -0.422 e. The molecule has 7 nitrogen and oxygen atoms in total. The Morgan fingerprint density at radius 3 is 2.84 bits per heavy atom. The Bertz CT molecular complexity index is 863. The normalized spacial score (nSPS) is 12.1. The van der Waals surface area contributed by atoms with Crippen molar-refractivity contribution in [2.24, 2.45) is 0 Å². The fraction of sp³-hybridized carbons (Fsp3) is 0.0909. The number of anilines is 1. The molecule has 0 saturated carbocycles. The minimum atomic E-state index is -3.30. The van der Waals surface area contributed by atoms with Gasteiger partial charge in [-0.2, -0.15) is 14.8 Å². The van der Waals surface area contributed by atoms with Gasteiger partial charge in [0.1, 0.15) is 10.4 Å². The molecule has 3 rings (SSSR count). The number of hydrogen-bond donors (Lipinski definition) is 1. The van der Waals surface area contributed by atoms with Crippen molar-refractivity contribution in [3.63, 3.8) is 0 Å². The highest BCUT2D eigenvalue weighted by Gasteiger charge is 2.14. The molecule has 0 unspecified atom stereocenters. The van der Waals surface area contributed by atoms with E-state index >= 15 is 0 Å². The number of benzene rings is 1. The molecule has 0 fully saturated rings. The summed E-state index contributed by atoms with van der Waals surface area (Å²) in [6.07, 6.45) is 3.71. The van der Waals surface area contributed by atoms with E-state index in [9.17, 15) is 8.42 Å². The lowest BCUT2D eigenvalue weighted by molar-refractivity contribution is 0.543. The zero-order valence-electron chi connectivity index (χ0n) is 9.94. The van der Waals surface area contributed by atoms with Gasteiger partial charge in [-0.15, -0.1) is 0 Å². The van der Waals surface area contributed by atoms with Crippen molar-refractivity contribution in [3.05, 3.63) is 30.6 Å². The number of sulfone groups is 1. The van der Waals surface area contributed by atoms with Gasteiger partial charge >= 0.3 is 6.01 Å². The maximum Gasteiger partial charge on any atom is 0.323 e. The third-order valence-electron chi connectivity index (χ3n) is 2.58. The van der Waals surface area contributed by atoms with E-state index in [2.05, 4.69) is 10.1 Å². The second kappa shape index (κ2) is 3.82. The highest BCUT2D eigenvalue weighted by molar-refractivity contribution is 7.90. The van der Waals surface area contributed by atoms with Crippen LogP contribution in [0.3, 0.4) is 0 Å². The van der Waals surface area contributed by atoms with Gasteiger partial charge in [-0.3, -0.25) is 0 Å². The maximum absolute atomic E-state index is 11.4. The highest BCUT2D eigenvalue weighted by Crippen LogP contribution is 2.21. The van der Waals surface area contributed by atoms with Crippen LogP contribution in [0.1, 0.15) is 0 Å². The predicted molar refractivity (Wildman–Crippen MR) is 68.7 cm³/mol. The molecule has 0 aliphatic rings. The third kappa shape index (κ3) is 2.06. The molecule has 2 aromatic heterocycles. The molecule has 0 bridgehead atoms. The Kier molecular flexibility index (Phi) is 2.36. The van der Waals surface area contributed by atoms with Crippen LogP contribution in [0.2, 0.25) is 0 Å². The second-order valence-corrected chi connectivity index (χ2v) is 6.13. The summed E-state index contributed by atoms with van der Waals surface area (Å²) in [6, 6.07) is 5.26. The van der Waals surface area contributed by atoms with Gasteiger partial charge in [0.2, 0.25) is 0 Å². The summed E-state index contributed by atoms with van der Waals surface area (Å²) < 4.78 is 29.5. The van der Waals surface area contributed by atoms with E-state index in [-0.39, 0.29) is 10.9 Å². The van der Waals surface area contributed by atoms with Gasteiger partial charge in [0.25, 0.3) is 0 Å². The smallest absolute Gasteiger partial charge is 0.323 e. The van der Waals surface area contributed by atoms with E-state index in [4.69, 9.17) is 10.2 Å². The molecule has 0 aliphatic heterocycles. The van der Waals surface area contributed by atoms with Crippen LogP contribution in [0.25, 0.3) is 17.1 Å². The Morgan fingerprint density at radius 1 is 1.37 bits per heavy atom. The summed E-state index contributed by atoms with van der Waals surface area (Å²) in [5.74, 6) is 0. The monoisotopic (exact) mass is 278 g/mol. The lowest BCUT2D eigenvalue weighted by Gasteiger charge is -1.91. The zero-order chi connectivity index (χ0) is 13.6. The summed E-state index contributed by atoms with van der Waals surface area (Å²) in [5.41, 5.74) is 7.35. The largest absolute Gasteiger partial charge is 0.422 e. The maximum atomic E-state index is 11.4. The highest BCUT2D eigenvalue weighted by atomic mass is 32.2. The number of rotatable bonds is 2. The molecule has 0 aliphatic carbocycles. The van der Waals surface area contributed by atoms with Gasteiger partial charge in [-0.05, 0) is 12.1 Å². The van der Waals surface area contributed by atoms with Crippen LogP contribution in [0, 0.1) is 0 Å². The molecule has 2 heterocycles. The van der Waals surface area contributed by atoms with Crippen molar-refractivity contribution >= 4 is 26.6 Å². The van der Waals surface area contributed by atoms with E-state index in [1.807, 2.05) is 0 Å². The van der Waals surface area contributed by atoms with E-state index < -0.39 is 9.84 Å². The number of nitrogen functional groups attached to an aromatic ring is 1. The predicted octanol–water partition coefficient (Wildman–Crippen LogP) is 0.999. The van der Waals surface area contributed by atoms with Crippen LogP contribution < -0.4 is 5.73 Å². The summed E-state index contributed by atoms with van der Waals surface area (Å²) in [5, 5.41) is 3.92. The summed E-state index contributed by atoms with van der Waals surface area (Å²) >= 11 is 0. The minimum absolute atomic E-state index is 0.106. The summed E-state index contributed by atoms with van der Waals surface area (Å²) in [4.78, 5) is 4.31. The average molecular weight is 278 g/mol. The first-order valence-electron chi connectivity index (χ1n) is 5.35. The van der Waals surface area contributed by atoms with E-state index in [1.165, 1.54) is 17.1 Å². The summed E-state index contributed by atoms with van der Waals surface area (Å²) in [6.45, 7) is 0. The molecule has 0 atom stereocenters. The van der Waals surface area contributed by atoms with Crippen molar-refractivity contribution < 1.29 is 12.8 Å². The number of nitrogens with two attached hydrogens (primary N) is 1. The van der Waals surface area contributed by atoms with Crippen molar-refractivity contribution in [2.45, 2.75) is 4.90 Å². The van der Waals surface area contributed by atoms with Gasteiger partial charge in [0.05, 0.1) is 12.4 Å². The summed E-state index contributed by atoms with van der Waals surface area (Å²) in [7, 11) is -3.30. The van der Waals surface area contributed by atoms with Crippen molar-refractivity contribution in [3.8, 4) is 6.01 Å². The van der Waals surface area contributed by atoms with Crippen LogP contribution in [0.5, 0.6) is 0 Å². The van der Waals surface area contributed by atoms with Crippen LogP contribution in [-0.2, 0) is 9.84 Å². The lowest BCUT2D eigenvalue weighted by atomic mass is 10.3. The number of nitrogens with zero attached hydrogens (tertiary/aromatic N) is 3. The molecule has 0 amide bonds. The first-order chi connectivity index (χ1) is 8.93. The third-order valence-corrected chi connectivity index (χ3v) is 3.65. The Balaban J connectivity index is 2.11. The quantitative estimate of drug-likeness (QED) is 0.701. The van der Waals surface area contributed by atoms with E-state index in [0.717, 1.165) is 6.26 Å². The molecule has 3 aromatic rings. The number of fused-ring (bicyclic) bond motifs is 1. The van der Waals surface area contributed by atoms with Gasteiger partial charge in [-0.1, -0.05) is 0 Å². The van der Waals surface area contributed by atoms with E-state index in [1.54, 1.807) is 18.2 Å². The second-order valence-electron chi connectivity index (χ2n) is 4.12. The topological polar surface area (TPSA) is 104 Å². The first kappa shape index (κ1) is 11.7. The van der Waals surface area contributed by atoms with Crippen LogP contribution in [0.4, 0.5) is 5.69 Å². The zero-order valence-corrected chi connectivity index (χ0v) is 10.8. The van der Waals surface area contributed by atoms with Crippen molar-refractivity contribution in [1.82, 2.24) is 14.8 Å². The van der Waals surface area contributed by atoms with Crippen LogP contribution in [-0.4, -0.2) is 29.4 Å². The molecule has 0 saturated heterocycles. The first-order valence-corrected chi connectivity index (χ1v) is 7.24. The molecular formula is C11H10N4O3S. The Hall–Kier alpha value is -2.35. The number of oxazole rings is 1. The van der Waals surface area contributed by atoms with Crippen LogP contribution >= 0.6 is 0 Å². The molecule has 98 valence electrons. The van der Waals surface area contributed by atoms with Crippen LogP contribution in [0.15, 0.2) is 39.9 Å². The van der Waals surface area contributed by atoms with Crippen molar-refractivity contribution in [1.29, 1.82) is 0 Å². The molecule has 1 aromatic carbocycles. The Morgan fingerprint density at radius 2 is 2.16 bits per heavy atom. The van der Waals surface area contributed by atoms with E-state index in [0.29, 0.717) is 16.8 Å². The fourth-order valence-electron chi connectivity index (χ4n) is 1.63. The fourth-order valence-corrected chi connectivity index (χ4v) is 2.16. The van der Waals surface area contributed by atoms with Gasteiger partial charge in [-0.25, -0.2) is 8.42 Å². The number of hydrogen-bond acceptors (Lipinski definition) is 6. The standard InChI is InChI=1S/C11H10N4O3S/c1-19(16,17)8-5-13-15(6-8)11-14-9-3-2-7(12)4-10(9)18-11/h2-6H,12H2,1H3. The molecule has 8 heteroatoms. The molecular weight excluding hydrogens is 268 g/mol. The Labute approximate surface area is 108 Å². The van der Waals surface area contributed by atoms with Gasteiger partial charge < -0.3 is 10.2 Å². The molecule has 0 spiro atoms. The van der Waals surface area contributed by atoms with Gasteiger partial charge in [0.15, 0.2) is 15.4 Å². The van der Waals surface area contributed by atoms with Gasteiger partial charge in [0, 0.05) is 18.0 Å². The molecule has 2 N–H and O–H groups in total. The SMILES string of the molecule is CS(=O)(=O)c1cnn(-c2nc3ccc(N)cc3o2)c1. The lowest BCUT2D eigenvalue weighted by Crippen LogP contribution is -1.96.